The Morgan fingerprint density at radius 2 is 2.45 bits per heavy atom. The summed E-state index contributed by atoms with van der Waals surface area (Å²) >= 11 is 1.84. The molecular weight excluding hydrogens is 154 g/mol. The minimum atomic E-state index is 1.03. The molecule has 1 aromatic rings. The van der Waals surface area contributed by atoms with Crippen molar-refractivity contribution in [1.29, 1.82) is 0 Å². The Balaban J connectivity index is 2.35. The third-order valence-electron chi connectivity index (χ3n) is 1.96. The molecule has 2 rings (SSSR count). The third-order valence-corrected chi connectivity index (χ3v) is 3.05. The Bertz CT molecular complexity index is 286. The van der Waals surface area contributed by atoms with Crippen LogP contribution in [0.15, 0.2) is 17.5 Å². The predicted molar refractivity (Wildman–Crippen MR) is 49.9 cm³/mol. The first-order valence-corrected chi connectivity index (χ1v) is 4.70. The summed E-state index contributed by atoms with van der Waals surface area (Å²) in [6.45, 7) is 4.25. The summed E-state index contributed by atoms with van der Waals surface area (Å²) in [5.41, 5.74) is 2.88. The maximum Gasteiger partial charge on any atom is 0.0341 e. The van der Waals surface area contributed by atoms with Gasteiger partial charge in [0.05, 0.1) is 0 Å². The molecule has 0 aromatic carbocycles. The Hall–Kier alpha value is -0.600. The molecule has 0 aliphatic carbocycles. The topological polar surface area (TPSA) is 12.0 Å². The Morgan fingerprint density at radius 1 is 1.55 bits per heavy atom. The van der Waals surface area contributed by atoms with Crippen molar-refractivity contribution in [2.75, 3.05) is 13.1 Å². The van der Waals surface area contributed by atoms with E-state index in [4.69, 9.17) is 0 Å². The van der Waals surface area contributed by atoms with Gasteiger partial charge in [0.25, 0.3) is 0 Å². The summed E-state index contributed by atoms with van der Waals surface area (Å²) in [4.78, 5) is 1.45. The summed E-state index contributed by atoms with van der Waals surface area (Å²) in [6, 6.07) is 2.18. The number of aryl methyl sites for hydroxylation is 1. The average Bonchev–Trinajstić information content (AvgIpc) is 2.55. The molecule has 2 heteroatoms. The highest BCUT2D eigenvalue weighted by Crippen LogP contribution is 2.25. The first-order valence-electron chi connectivity index (χ1n) is 3.82. The van der Waals surface area contributed by atoms with Crippen LogP contribution in [-0.4, -0.2) is 13.1 Å². The van der Waals surface area contributed by atoms with Gasteiger partial charge in [0.1, 0.15) is 0 Å². The molecule has 1 nitrogen and oxygen atoms in total. The van der Waals surface area contributed by atoms with Crippen LogP contribution in [0.2, 0.25) is 0 Å². The molecule has 0 spiro atoms. The molecule has 58 valence electrons. The lowest BCUT2D eigenvalue weighted by molar-refractivity contribution is 0.898. The van der Waals surface area contributed by atoms with Crippen LogP contribution in [0.3, 0.4) is 0 Å². The summed E-state index contributed by atoms with van der Waals surface area (Å²) in [5.74, 6) is 0. The second kappa shape index (κ2) is 2.80. The maximum atomic E-state index is 3.30. The van der Waals surface area contributed by atoms with Crippen LogP contribution in [0, 0.1) is 6.92 Å². The number of nitrogens with one attached hydrogen (secondary N) is 1. The van der Waals surface area contributed by atoms with Crippen molar-refractivity contribution in [1.82, 2.24) is 5.32 Å². The van der Waals surface area contributed by atoms with Crippen LogP contribution >= 0.6 is 11.3 Å². The van der Waals surface area contributed by atoms with Gasteiger partial charge in [0.2, 0.25) is 0 Å². The minimum absolute atomic E-state index is 1.03. The number of thiophene rings is 1. The largest absolute Gasteiger partial charge is 0.309 e. The van der Waals surface area contributed by atoms with E-state index < -0.39 is 0 Å². The molecule has 0 saturated carbocycles. The molecule has 0 radical (unpaired) electrons. The summed E-state index contributed by atoms with van der Waals surface area (Å²) in [7, 11) is 0. The third kappa shape index (κ3) is 1.24. The van der Waals surface area contributed by atoms with Gasteiger partial charge < -0.3 is 5.32 Å². The van der Waals surface area contributed by atoms with Crippen molar-refractivity contribution in [3.05, 3.63) is 28.0 Å². The molecule has 0 unspecified atom stereocenters. The Labute approximate surface area is 70.8 Å². The zero-order valence-corrected chi connectivity index (χ0v) is 7.37. The fraction of sp³-hybridized carbons (Fsp3) is 0.333. The molecule has 1 N–H and O–H groups in total. The van der Waals surface area contributed by atoms with Gasteiger partial charge in [-0.25, -0.2) is 0 Å². The van der Waals surface area contributed by atoms with E-state index in [1.807, 2.05) is 11.3 Å². The lowest BCUT2D eigenvalue weighted by Crippen LogP contribution is -2.07. The quantitative estimate of drug-likeness (QED) is 0.671. The van der Waals surface area contributed by atoms with Gasteiger partial charge in [-0.15, -0.1) is 11.3 Å². The van der Waals surface area contributed by atoms with Crippen LogP contribution in [0.4, 0.5) is 0 Å². The highest BCUT2D eigenvalue weighted by Gasteiger charge is 2.09. The molecule has 1 aromatic heterocycles. The molecule has 0 fully saturated rings. The summed E-state index contributed by atoms with van der Waals surface area (Å²) in [6.07, 6.45) is 2.28. The second-order valence-corrected chi connectivity index (χ2v) is 3.71. The van der Waals surface area contributed by atoms with E-state index in [9.17, 15) is 0 Å². The van der Waals surface area contributed by atoms with E-state index >= 15 is 0 Å². The van der Waals surface area contributed by atoms with E-state index in [1.54, 1.807) is 0 Å². The molecule has 2 heterocycles. The van der Waals surface area contributed by atoms with E-state index in [0.29, 0.717) is 0 Å². The normalized spacial score (nSPS) is 17.0. The smallest absolute Gasteiger partial charge is 0.0341 e. The highest BCUT2D eigenvalue weighted by atomic mass is 32.1. The van der Waals surface area contributed by atoms with Crippen molar-refractivity contribution in [2.45, 2.75) is 6.92 Å². The SMILES string of the molecule is Cc1ccsc1C1=CCNC1. The monoisotopic (exact) mass is 165 g/mol. The zero-order chi connectivity index (χ0) is 7.68. The number of hydrogen-bond acceptors (Lipinski definition) is 2. The molecule has 0 atom stereocenters. The zero-order valence-electron chi connectivity index (χ0n) is 6.55. The summed E-state index contributed by atoms with van der Waals surface area (Å²) < 4.78 is 0. The van der Waals surface area contributed by atoms with Gasteiger partial charge in [-0.05, 0) is 29.5 Å². The average molecular weight is 165 g/mol. The van der Waals surface area contributed by atoms with E-state index in [1.165, 1.54) is 16.0 Å². The lowest BCUT2D eigenvalue weighted by Gasteiger charge is -1.98. The second-order valence-electron chi connectivity index (χ2n) is 2.79. The van der Waals surface area contributed by atoms with Crippen molar-refractivity contribution < 1.29 is 0 Å². The number of hydrogen-bond donors (Lipinski definition) is 1. The van der Waals surface area contributed by atoms with Gasteiger partial charge >= 0.3 is 0 Å². The molecule has 0 bridgehead atoms. The van der Waals surface area contributed by atoms with Gasteiger partial charge in [0, 0.05) is 18.0 Å². The van der Waals surface area contributed by atoms with Gasteiger partial charge in [-0.1, -0.05) is 6.08 Å². The van der Waals surface area contributed by atoms with Crippen LogP contribution in [-0.2, 0) is 0 Å². The van der Waals surface area contributed by atoms with Crippen LogP contribution in [0.25, 0.3) is 5.57 Å². The van der Waals surface area contributed by atoms with Crippen molar-refractivity contribution in [2.24, 2.45) is 0 Å². The van der Waals surface area contributed by atoms with Crippen molar-refractivity contribution in [3.8, 4) is 0 Å². The van der Waals surface area contributed by atoms with Crippen LogP contribution in [0.1, 0.15) is 10.4 Å². The van der Waals surface area contributed by atoms with E-state index in [-0.39, 0.29) is 0 Å². The Morgan fingerprint density at radius 3 is 3.00 bits per heavy atom. The molecule has 1 aliphatic rings. The fourth-order valence-electron chi connectivity index (χ4n) is 1.35. The van der Waals surface area contributed by atoms with Gasteiger partial charge in [-0.2, -0.15) is 0 Å². The molecular formula is C9H11NS. The van der Waals surface area contributed by atoms with Crippen LogP contribution in [0.5, 0.6) is 0 Å². The predicted octanol–water partition coefficient (Wildman–Crippen LogP) is 2.04. The highest BCUT2D eigenvalue weighted by molar-refractivity contribution is 7.11. The van der Waals surface area contributed by atoms with Gasteiger partial charge in [0.15, 0.2) is 0 Å². The maximum absolute atomic E-state index is 3.30. The Kier molecular flexibility index (Phi) is 1.80. The van der Waals surface area contributed by atoms with Crippen LogP contribution < -0.4 is 5.32 Å². The minimum Gasteiger partial charge on any atom is -0.309 e. The first-order chi connectivity index (χ1) is 5.38. The standard InChI is InChI=1S/C9H11NS/c1-7-3-5-11-9(7)8-2-4-10-6-8/h2-3,5,10H,4,6H2,1H3. The molecule has 0 saturated heterocycles. The van der Waals surface area contributed by atoms with Gasteiger partial charge in [-0.3, -0.25) is 0 Å². The molecule has 1 aliphatic heterocycles. The van der Waals surface area contributed by atoms with E-state index in [0.717, 1.165) is 13.1 Å². The summed E-state index contributed by atoms with van der Waals surface area (Å²) in [5, 5.41) is 5.46. The number of rotatable bonds is 1. The van der Waals surface area contributed by atoms with Crippen molar-refractivity contribution >= 4 is 16.9 Å². The van der Waals surface area contributed by atoms with E-state index in [2.05, 4.69) is 29.8 Å². The van der Waals surface area contributed by atoms with Crippen molar-refractivity contribution in [3.63, 3.8) is 0 Å². The molecule has 11 heavy (non-hydrogen) atoms. The molecule has 0 amide bonds. The fourth-order valence-corrected chi connectivity index (χ4v) is 2.32. The first kappa shape index (κ1) is 7.07. The lowest BCUT2D eigenvalue weighted by atomic mass is 10.2.